The highest BCUT2D eigenvalue weighted by Gasteiger charge is 2.10. The molecule has 7 nitrogen and oxygen atoms in total. The minimum absolute atomic E-state index is 0.184. The van der Waals surface area contributed by atoms with Gasteiger partial charge in [-0.2, -0.15) is 5.10 Å². The zero-order valence-corrected chi connectivity index (χ0v) is 9.50. The highest BCUT2D eigenvalue weighted by atomic mass is 19.1. The van der Waals surface area contributed by atoms with Gasteiger partial charge in [0.2, 0.25) is 0 Å². The fraction of sp³-hybridized carbons (Fsp3) is 0.200. The summed E-state index contributed by atoms with van der Waals surface area (Å²) in [4.78, 5) is 13.8. The van der Waals surface area contributed by atoms with Crippen LogP contribution in [0.3, 0.4) is 0 Å². The number of aryl methyl sites for hydroxylation is 1. The van der Waals surface area contributed by atoms with Gasteiger partial charge in [0.1, 0.15) is 12.2 Å². The maximum atomic E-state index is 13.5. The Balaban J connectivity index is 2.11. The van der Waals surface area contributed by atoms with Gasteiger partial charge in [-0.1, -0.05) is 0 Å². The van der Waals surface area contributed by atoms with Crippen molar-refractivity contribution in [3.05, 3.63) is 46.3 Å². The molecule has 18 heavy (non-hydrogen) atoms. The normalized spacial score (nSPS) is 10.3. The minimum atomic E-state index is -0.675. The first-order valence-electron chi connectivity index (χ1n) is 5.08. The molecule has 0 radical (unpaired) electrons. The highest BCUT2D eigenvalue weighted by Crippen LogP contribution is 2.20. The summed E-state index contributed by atoms with van der Waals surface area (Å²) < 4.78 is 15.1. The summed E-state index contributed by atoms with van der Waals surface area (Å²) >= 11 is 0. The van der Waals surface area contributed by atoms with Gasteiger partial charge >= 0.3 is 0 Å². The lowest BCUT2D eigenvalue weighted by Gasteiger charge is -2.06. The molecular weight excluding hydrogens is 241 g/mol. The average Bonchev–Trinajstić information content (AvgIpc) is 2.73. The Labute approximate surface area is 101 Å². The van der Waals surface area contributed by atoms with Gasteiger partial charge in [-0.15, -0.1) is 0 Å². The van der Waals surface area contributed by atoms with Crippen molar-refractivity contribution >= 4 is 11.4 Å². The molecule has 94 valence electrons. The monoisotopic (exact) mass is 251 g/mol. The van der Waals surface area contributed by atoms with Crippen molar-refractivity contribution in [1.82, 2.24) is 14.8 Å². The molecule has 1 N–H and O–H groups in total. The van der Waals surface area contributed by atoms with Gasteiger partial charge in [-0.05, 0) is 6.07 Å². The molecule has 0 bridgehead atoms. The third-order valence-corrected chi connectivity index (χ3v) is 2.41. The second-order valence-corrected chi connectivity index (χ2v) is 3.57. The quantitative estimate of drug-likeness (QED) is 0.657. The Bertz CT molecular complexity index is 583. The number of non-ortho nitro benzene ring substituents is 1. The van der Waals surface area contributed by atoms with Crippen molar-refractivity contribution in [3.8, 4) is 0 Å². The van der Waals surface area contributed by atoms with E-state index in [1.807, 2.05) is 0 Å². The zero-order valence-electron chi connectivity index (χ0n) is 9.50. The molecule has 0 aliphatic rings. The summed E-state index contributed by atoms with van der Waals surface area (Å²) in [5, 5.41) is 17.1. The molecule has 0 unspecified atom stereocenters. The number of halogens is 1. The number of anilines is 1. The van der Waals surface area contributed by atoms with Crippen LogP contribution in [0.2, 0.25) is 0 Å². The van der Waals surface area contributed by atoms with Gasteiger partial charge in [-0.25, -0.2) is 9.37 Å². The van der Waals surface area contributed by atoms with Crippen LogP contribution in [0.5, 0.6) is 0 Å². The first kappa shape index (κ1) is 12.0. The molecule has 1 aromatic carbocycles. The standard InChI is InChI=1S/C10H10FN5O2/c1-15-10(13-6-14-15)5-12-9-3-2-7(16(17)18)4-8(9)11/h2-4,6,12H,5H2,1H3. The largest absolute Gasteiger partial charge is 0.375 e. The molecule has 0 atom stereocenters. The molecular formula is C10H10FN5O2. The number of rotatable bonds is 4. The molecule has 8 heteroatoms. The Morgan fingerprint density at radius 3 is 2.89 bits per heavy atom. The van der Waals surface area contributed by atoms with Crippen LogP contribution in [-0.4, -0.2) is 19.7 Å². The number of nitrogens with one attached hydrogen (secondary N) is 1. The molecule has 0 saturated heterocycles. The van der Waals surface area contributed by atoms with Crippen LogP contribution in [0.25, 0.3) is 0 Å². The van der Waals surface area contributed by atoms with Crippen molar-refractivity contribution in [2.45, 2.75) is 6.54 Å². The molecule has 2 aromatic rings. The number of aromatic nitrogens is 3. The summed E-state index contributed by atoms with van der Waals surface area (Å²) in [7, 11) is 1.72. The van der Waals surface area contributed by atoms with Crippen LogP contribution in [0.4, 0.5) is 15.8 Å². The molecule has 0 amide bonds. The van der Waals surface area contributed by atoms with E-state index >= 15 is 0 Å². The predicted octanol–water partition coefficient (Wildman–Crippen LogP) is 1.47. The summed E-state index contributed by atoms with van der Waals surface area (Å²) in [6.07, 6.45) is 1.39. The maximum absolute atomic E-state index is 13.5. The number of hydrogen-bond acceptors (Lipinski definition) is 5. The average molecular weight is 251 g/mol. The van der Waals surface area contributed by atoms with Crippen LogP contribution in [0.1, 0.15) is 5.82 Å². The summed E-state index contributed by atoms with van der Waals surface area (Å²) in [6, 6.07) is 3.44. The smallest absolute Gasteiger partial charge is 0.272 e. The fourth-order valence-corrected chi connectivity index (χ4v) is 1.42. The molecule has 0 fully saturated rings. The van der Waals surface area contributed by atoms with Gasteiger partial charge < -0.3 is 5.32 Å². The molecule has 0 spiro atoms. The van der Waals surface area contributed by atoms with Crippen molar-refractivity contribution in [3.63, 3.8) is 0 Å². The lowest BCUT2D eigenvalue weighted by molar-refractivity contribution is -0.385. The summed E-state index contributed by atoms with van der Waals surface area (Å²) in [6.45, 7) is 0.283. The highest BCUT2D eigenvalue weighted by molar-refractivity contribution is 5.50. The first-order chi connectivity index (χ1) is 8.58. The number of nitro groups is 1. The lowest BCUT2D eigenvalue weighted by Crippen LogP contribution is -2.07. The SMILES string of the molecule is Cn1ncnc1CNc1ccc([N+](=O)[O-])cc1F. The van der Waals surface area contributed by atoms with E-state index in [0.717, 1.165) is 6.07 Å². The van der Waals surface area contributed by atoms with E-state index in [4.69, 9.17) is 0 Å². The van der Waals surface area contributed by atoms with Crippen molar-refractivity contribution in [2.24, 2.45) is 7.05 Å². The second-order valence-electron chi connectivity index (χ2n) is 3.57. The topological polar surface area (TPSA) is 85.9 Å². The third kappa shape index (κ3) is 2.42. The van der Waals surface area contributed by atoms with Crippen molar-refractivity contribution in [2.75, 3.05) is 5.32 Å². The molecule has 1 aromatic heterocycles. The lowest BCUT2D eigenvalue weighted by atomic mass is 10.2. The van der Waals surface area contributed by atoms with Gasteiger partial charge in [-0.3, -0.25) is 14.8 Å². The summed E-state index contributed by atoms with van der Waals surface area (Å²) in [5.41, 5.74) is -0.0969. The van der Waals surface area contributed by atoms with E-state index in [1.165, 1.54) is 18.5 Å². The number of benzene rings is 1. The first-order valence-corrected chi connectivity index (χ1v) is 5.08. The van der Waals surface area contributed by atoms with Gasteiger partial charge in [0.05, 0.1) is 23.2 Å². The van der Waals surface area contributed by atoms with Crippen LogP contribution >= 0.6 is 0 Å². The van der Waals surface area contributed by atoms with E-state index in [-0.39, 0.29) is 17.9 Å². The van der Waals surface area contributed by atoms with E-state index in [9.17, 15) is 14.5 Å². The van der Waals surface area contributed by atoms with Gasteiger partial charge in [0.25, 0.3) is 5.69 Å². The number of hydrogen-bond donors (Lipinski definition) is 1. The van der Waals surface area contributed by atoms with Crippen LogP contribution in [0.15, 0.2) is 24.5 Å². The predicted molar refractivity (Wildman–Crippen MR) is 61.4 cm³/mol. The van der Waals surface area contributed by atoms with E-state index in [1.54, 1.807) is 11.7 Å². The number of nitrogens with zero attached hydrogens (tertiary/aromatic N) is 4. The number of nitro benzene ring substituents is 1. The third-order valence-electron chi connectivity index (χ3n) is 2.41. The van der Waals surface area contributed by atoms with Crippen LogP contribution in [-0.2, 0) is 13.6 Å². The van der Waals surface area contributed by atoms with E-state index in [0.29, 0.717) is 5.82 Å². The van der Waals surface area contributed by atoms with Crippen molar-refractivity contribution < 1.29 is 9.31 Å². The fourth-order valence-electron chi connectivity index (χ4n) is 1.42. The Morgan fingerprint density at radius 2 is 2.33 bits per heavy atom. The molecule has 2 rings (SSSR count). The Hall–Kier alpha value is -2.51. The van der Waals surface area contributed by atoms with Crippen molar-refractivity contribution in [1.29, 1.82) is 0 Å². The minimum Gasteiger partial charge on any atom is -0.375 e. The van der Waals surface area contributed by atoms with Crippen LogP contribution < -0.4 is 5.32 Å². The van der Waals surface area contributed by atoms with Gasteiger partial charge in [0, 0.05) is 13.1 Å². The van der Waals surface area contributed by atoms with Gasteiger partial charge in [0.15, 0.2) is 5.82 Å². The van der Waals surface area contributed by atoms with E-state index in [2.05, 4.69) is 15.4 Å². The maximum Gasteiger partial charge on any atom is 0.272 e. The summed E-state index contributed by atoms with van der Waals surface area (Å²) in [5.74, 6) is -0.0425. The molecule has 0 saturated carbocycles. The Morgan fingerprint density at radius 1 is 1.56 bits per heavy atom. The molecule has 0 aliphatic heterocycles. The van der Waals surface area contributed by atoms with E-state index < -0.39 is 10.7 Å². The molecule has 0 aliphatic carbocycles. The second kappa shape index (κ2) is 4.78. The molecule has 1 heterocycles. The Kier molecular flexibility index (Phi) is 3.18. The van der Waals surface area contributed by atoms with Crippen LogP contribution in [0, 0.1) is 15.9 Å². The zero-order chi connectivity index (χ0) is 13.1.